The van der Waals surface area contributed by atoms with E-state index in [0.717, 1.165) is 30.6 Å². The number of hydrogen-bond donors (Lipinski definition) is 1. The Labute approximate surface area is 136 Å². The van der Waals surface area contributed by atoms with Gasteiger partial charge in [-0.3, -0.25) is 9.59 Å². The highest BCUT2D eigenvalue weighted by Crippen LogP contribution is 2.31. The number of nitrogens with one attached hydrogen (secondary N) is 1. The molecule has 4 nitrogen and oxygen atoms in total. The van der Waals surface area contributed by atoms with Crippen molar-refractivity contribution in [2.24, 2.45) is 0 Å². The van der Waals surface area contributed by atoms with Crippen LogP contribution in [0.2, 0.25) is 0 Å². The number of nitrogens with zero attached hydrogens (tertiary/aromatic N) is 1. The van der Waals surface area contributed by atoms with Crippen LogP contribution in [0, 0.1) is 6.92 Å². The number of amides is 2. The van der Waals surface area contributed by atoms with Gasteiger partial charge < -0.3 is 10.2 Å². The highest BCUT2D eigenvalue weighted by Gasteiger charge is 2.25. The molecule has 23 heavy (non-hydrogen) atoms. The van der Waals surface area contributed by atoms with Gasteiger partial charge in [0.2, 0.25) is 5.91 Å². The summed E-state index contributed by atoms with van der Waals surface area (Å²) >= 11 is 0. The number of aryl methyl sites for hydroxylation is 2. The van der Waals surface area contributed by atoms with Crippen LogP contribution in [0.15, 0.2) is 42.5 Å². The van der Waals surface area contributed by atoms with E-state index in [1.165, 1.54) is 12.5 Å². The third kappa shape index (κ3) is 3.11. The number of hydrogen-bond acceptors (Lipinski definition) is 2. The number of carbonyl (C=O) groups excluding carboxylic acids is 2. The molecule has 0 aromatic heterocycles. The molecule has 1 aliphatic heterocycles. The van der Waals surface area contributed by atoms with E-state index < -0.39 is 0 Å². The van der Waals surface area contributed by atoms with Crippen molar-refractivity contribution < 1.29 is 9.59 Å². The maximum atomic E-state index is 13.0. The summed E-state index contributed by atoms with van der Waals surface area (Å²) in [6.07, 6.45) is 1.97. The Morgan fingerprint density at radius 1 is 1.13 bits per heavy atom. The fraction of sp³-hybridized carbons (Fsp3) is 0.263. The number of rotatable bonds is 2. The first-order valence-corrected chi connectivity index (χ1v) is 7.84. The standard InChI is InChI=1S/C19H20N2O2/c1-13-6-3-7-15-9-5-11-21(18(13)15)19(23)16-8-4-10-17(12-16)20-14(2)22/h3-4,6-8,10,12H,5,9,11H2,1-2H3,(H,20,22). The van der Waals surface area contributed by atoms with Crippen LogP contribution in [0.4, 0.5) is 11.4 Å². The lowest BCUT2D eigenvalue weighted by Crippen LogP contribution is -2.36. The lowest BCUT2D eigenvalue weighted by atomic mass is 9.97. The van der Waals surface area contributed by atoms with Crippen LogP contribution in [0.3, 0.4) is 0 Å². The van der Waals surface area contributed by atoms with Gasteiger partial charge in [0.05, 0.1) is 5.69 Å². The number of benzene rings is 2. The van der Waals surface area contributed by atoms with Gasteiger partial charge in [-0.05, 0) is 49.1 Å². The van der Waals surface area contributed by atoms with Gasteiger partial charge >= 0.3 is 0 Å². The monoisotopic (exact) mass is 308 g/mol. The van der Waals surface area contributed by atoms with Crippen molar-refractivity contribution in [2.75, 3.05) is 16.8 Å². The largest absolute Gasteiger partial charge is 0.326 e. The quantitative estimate of drug-likeness (QED) is 0.922. The van der Waals surface area contributed by atoms with Crippen LogP contribution in [0.25, 0.3) is 0 Å². The summed E-state index contributed by atoms with van der Waals surface area (Å²) in [5, 5.41) is 2.72. The molecule has 4 heteroatoms. The Bertz CT molecular complexity index is 768. The summed E-state index contributed by atoms with van der Waals surface area (Å²) in [5.41, 5.74) is 4.61. The highest BCUT2D eigenvalue weighted by atomic mass is 16.2. The van der Waals surface area contributed by atoms with E-state index in [4.69, 9.17) is 0 Å². The Kier molecular flexibility index (Phi) is 4.15. The molecule has 2 amide bonds. The van der Waals surface area contributed by atoms with Crippen molar-refractivity contribution in [1.82, 2.24) is 0 Å². The summed E-state index contributed by atoms with van der Waals surface area (Å²) in [7, 11) is 0. The third-order valence-electron chi connectivity index (χ3n) is 4.09. The molecule has 3 rings (SSSR count). The summed E-state index contributed by atoms with van der Waals surface area (Å²) in [6.45, 7) is 4.22. The molecule has 1 N–H and O–H groups in total. The molecule has 0 saturated carbocycles. The Hall–Kier alpha value is -2.62. The van der Waals surface area contributed by atoms with Crippen molar-refractivity contribution in [1.29, 1.82) is 0 Å². The topological polar surface area (TPSA) is 49.4 Å². The first kappa shape index (κ1) is 15.3. The summed E-state index contributed by atoms with van der Waals surface area (Å²) in [5.74, 6) is -0.166. The van der Waals surface area contributed by atoms with Gasteiger partial charge in [0.1, 0.15) is 0 Å². The van der Waals surface area contributed by atoms with Crippen LogP contribution in [0.5, 0.6) is 0 Å². The van der Waals surface area contributed by atoms with E-state index in [2.05, 4.69) is 11.4 Å². The number of carbonyl (C=O) groups is 2. The highest BCUT2D eigenvalue weighted by molar-refractivity contribution is 6.08. The fourth-order valence-corrected chi connectivity index (χ4v) is 3.14. The lowest BCUT2D eigenvalue weighted by molar-refractivity contribution is -0.114. The Morgan fingerprint density at radius 2 is 1.91 bits per heavy atom. The minimum Gasteiger partial charge on any atom is -0.326 e. The molecular formula is C19H20N2O2. The van der Waals surface area contributed by atoms with Gasteiger partial charge in [0.25, 0.3) is 5.91 Å². The predicted molar refractivity (Wildman–Crippen MR) is 91.9 cm³/mol. The molecule has 0 atom stereocenters. The molecule has 0 aliphatic carbocycles. The Morgan fingerprint density at radius 3 is 2.70 bits per heavy atom. The molecule has 0 spiro atoms. The second kappa shape index (κ2) is 6.24. The zero-order valence-electron chi connectivity index (χ0n) is 13.4. The van der Waals surface area contributed by atoms with Gasteiger partial charge in [-0.2, -0.15) is 0 Å². The molecule has 1 aliphatic rings. The van der Waals surface area contributed by atoms with Crippen LogP contribution < -0.4 is 10.2 Å². The average molecular weight is 308 g/mol. The van der Waals surface area contributed by atoms with E-state index in [0.29, 0.717) is 11.3 Å². The van der Waals surface area contributed by atoms with Crippen LogP contribution in [-0.2, 0) is 11.2 Å². The van der Waals surface area contributed by atoms with E-state index in [1.807, 2.05) is 24.0 Å². The first-order chi connectivity index (χ1) is 11.1. The number of fused-ring (bicyclic) bond motifs is 1. The normalized spacial score (nSPS) is 13.4. The summed E-state index contributed by atoms with van der Waals surface area (Å²) < 4.78 is 0. The van der Waals surface area contributed by atoms with Crippen LogP contribution >= 0.6 is 0 Å². The minimum atomic E-state index is -0.145. The Balaban J connectivity index is 1.95. The summed E-state index contributed by atoms with van der Waals surface area (Å²) in [6, 6.07) is 13.3. The minimum absolute atomic E-state index is 0.0209. The van der Waals surface area contributed by atoms with Crippen molar-refractivity contribution in [2.45, 2.75) is 26.7 Å². The zero-order valence-corrected chi connectivity index (χ0v) is 13.4. The molecule has 2 aromatic carbocycles. The molecular weight excluding hydrogens is 288 g/mol. The van der Waals surface area contributed by atoms with Gasteiger partial charge in [0.15, 0.2) is 0 Å². The summed E-state index contributed by atoms with van der Waals surface area (Å²) in [4.78, 5) is 26.0. The smallest absolute Gasteiger partial charge is 0.258 e. The lowest BCUT2D eigenvalue weighted by Gasteiger charge is -2.31. The van der Waals surface area contributed by atoms with Gasteiger partial charge in [-0.15, -0.1) is 0 Å². The van der Waals surface area contributed by atoms with E-state index in [9.17, 15) is 9.59 Å². The van der Waals surface area contributed by atoms with Crippen LogP contribution in [-0.4, -0.2) is 18.4 Å². The maximum absolute atomic E-state index is 13.0. The van der Waals surface area contributed by atoms with Gasteiger partial charge in [0, 0.05) is 24.7 Å². The molecule has 1 heterocycles. The van der Waals surface area contributed by atoms with E-state index in [-0.39, 0.29) is 11.8 Å². The van der Waals surface area contributed by atoms with Gasteiger partial charge in [-0.25, -0.2) is 0 Å². The van der Waals surface area contributed by atoms with Crippen LogP contribution in [0.1, 0.15) is 34.8 Å². The molecule has 0 saturated heterocycles. The number of anilines is 2. The molecule has 2 aromatic rings. The molecule has 118 valence electrons. The van der Waals surface area contributed by atoms with Crippen molar-refractivity contribution in [3.8, 4) is 0 Å². The maximum Gasteiger partial charge on any atom is 0.258 e. The first-order valence-electron chi connectivity index (χ1n) is 7.84. The molecule has 0 bridgehead atoms. The SMILES string of the molecule is CC(=O)Nc1cccc(C(=O)N2CCCc3cccc(C)c32)c1. The number of para-hydroxylation sites is 1. The predicted octanol–water partition coefficient (Wildman–Crippen LogP) is 3.55. The zero-order chi connectivity index (χ0) is 16.4. The fourth-order valence-electron chi connectivity index (χ4n) is 3.14. The second-order valence-electron chi connectivity index (χ2n) is 5.90. The molecule has 0 fully saturated rings. The third-order valence-corrected chi connectivity index (χ3v) is 4.09. The molecule has 0 unspecified atom stereocenters. The molecule has 0 radical (unpaired) electrons. The van der Waals surface area contributed by atoms with Crippen molar-refractivity contribution in [3.05, 3.63) is 59.2 Å². The second-order valence-corrected chi connectivity index (χ2v) is 5.90. The van der Waals surface area contributed by atoms with Gasteiger partial charge in [-0.1, -0.05) is 24.3 Å². The average Bonchev–Trinajstić information content (AvgIpc) is 2.53. The van der Waals surface area contributed by atoms with E-state index >= 15 is 0 Å². The van der Waals surface area contributed by atoms with Crippen molar-refractivity contribution in [3.63, 3.8) is 0 Å². The van der Waals surface area contributed by atoms with Crippen molar-refractivity contribution >= 4 is 23.2 Å². The van der Waals surface area contributed by atoms with E-state index in [1.54, 1.807) is 24.3 Å².